The number of nitrogens with two attached hydrogens (primary N) is 2. The molecule has 9 nitrogen and oxygen atoms in total. The number of methoxy groups -OCH3 is 1. The summed E-state index contributed by atoms with van der Waals surface area (Å²) in [5.74, 6) is 0.0675. The monoisotopic (exact) mass is 283 g/mol. The Kier molecular flexibility index (Phi) is 5.09. The molecule has 20 heavy (non-hydrogen) atoms. The van der Waals surface area contributed by atoms with Gasteiger partial charge in [-0.3, -0.25) is 10.1 Å². The molecular weight excluding hydrogens is 266 g/mol. The summed E-state index contributed by atoms with van der Waals surface area (Å²) in [4.78, 5) is 15.9. The summed E-state index contributed by atoms with van der Waals surface area (Å²) >= 11 is 0. The zero-order valence-electron chi connectivity index (χ0n) is 11.2. The first-order chi connectivity index (χ1) is 9.40. The molecule has 0 aliphatic heterocycles. The number of aliphatic imine (C=N–C) groups is 1. The molecular formula is C11H17N5O4. The lowest BCUT2D eigenvalue weighted by molar-refractivity contribution is -0.384. The normalized spacial score (nSPS) is 9.95. The summed E-state index contributed by atoms with van der Waals surface area (Å²) in [6.45, 7) is 0.108. The fourth-order valence-corrected chi connectivity index (χ4v) is 1.66. The summed E-state index contributed by atoms with van der Waals surface area (Å²) in [5, 5.41) is 20.1. The molecule has 1 rings (SSSR count). The Morgan fingerprint density at radius 2 is 2.20 bits per heavy atom. The SMILES string of the molecule is COc1cc(N(C)CCO)c([N+](=O)[O-])cc1N=C(N)N. The summed E-state index contributed by atoms with van der Waals surface area (Å²) < 4.78 is 5.12. The van der Waals surface area contributed by atoms with Crippen LogP contribution in [0.4, 0.5) is 17.1 Å². The molecule has 0 fully saturated rings. The predicted molar refractivity (Wildman–Crippen MR) is 75.5 cm³/mol. The van der Waals surface area contributed by atoms with Crippen molar-refractivity contribution < 1.29 is 14.8 Å². The van der Waals surface area contributed by atoms with Crippen molar-refractivity contribution in [3.05, 3.63) is 22.2 Å². The van der Waals surface area contributed by atoms with E-state index in [0.717, 1.165) is 0 Å². The number of guanidine groups is 1. The van der Waals surface area contributed by atoms with E-state index < -0.39 is 4.92 Å². The molecule has 0 heterocycles. The number of aliphatic hydroxyl groups is 1. The second-order valence-corrected chi connectivity index (χ2v) is 3.95. The van der Waals surface area contributed by atoms with Crippen LogP contribution in [0.15, 0.2) is 17.1 Å². The van der Waals surface area contributed by atoms with Gasteiger partial charge in [-0.05, 0) is 0 Å². The molecule has 0 unspecified atom stereocenters. The molecule has 0 bridgehead atoms. The molecule has 0 aliphatic carbocycles. The lowest BCUT2D eigenvalue weighted by Crippen LogP contribution is -2.23. The Morgan fingerprint density at radius 1 is 1.55 bits per heavy atom. The van der Waals surface area contributed by atoms with Crippen molar-refractivity contribution in [2.24, 2.45) is 16.5 Å². The van der Waals surface area contributed by atoms with Gasteiger partial charge >= 0.3 is 0 Å². The summed E-state index contributed by atoms with van der Waals surface area (Å²) in [7, 11) is 3.03. The van der Waals surface area contributed by atoms with Crippen molar-refractivity contribution in [1.29, 1.82) is 0 Å². The van der Waals surface area contributed by atoms with E-state index in [4.69, 9.17) is 21.3 Å². The zero-order valence-corrected chi connectivity index (χ0v) is 11.2. The molecule has 9 heteroatoms. The average molecular weight is 283 g/mol. The molecule has 1 aromatic carbocycles. The molecule has 0 saturated heterocycles. The molecule has 1 aromatic rings. The first-order valence-corrected chi connectivity index (χ1v) is 5.68. The van der Waals surface area contributed by atoms with Gasteiger partial charge < -0.3 is 26.2 Å². The number of hydrogen-bond donors (Lipinski definition) is 3. The van der Waals surface area contributed by atoms with Gasteiger partial charge in [0, 0.05) is 25.7 Å². The first kappa shape index (κ1) is 15.5. The number of rotatable bonds is 6. The summed E-state index contributed by atoms with van der Waals surface area (Å²) in [5.41, 5.74) is 10.8. The molecule has 0 radical (unpaired) electrons. The van der Waals surface area contributed by atoms with Gasteiger partial charge in [-0.15, -0.1) is 0 Å². The van der Waals surface area contributed by atoms with Gasteiger partial charge in [-0.1, -0.05) is 0 Å². The van der Waals surface area contributed by atoms with Gasteiger partial charge in [0.15, 0.2) is 5.96 Å². The van der Waals surface area contributed by atoms with Crippen LogP contribution in [0.1, 0.15) is 0 Å². The Bertz CT molecular complexity index is 528. The minimum Gasteiger partial charge on any atom is -0.494 e. The van der Waals surface area contributed by atoms with Crippen molar-refractivity contribution in [3.8, 4) is 5.75 Å². The smallest absolute Gasteiger partial charge is 0.294 e. The fourth-order valence-electron chi connectivity index (χ4n) is 1.66. The van der Waals surface area contributed by atoms with E-state index in [0.29, 0.717) is 11.4 Å². The van der Waals surface area contributed by atoms with Crippen LogP contribution >= 0.6 is 0 Å². The van der Waals surface area contributed by atoms with Crippen molar-refractivity contribution in [1.82, 2.24) is 0 Å². The molecule has 0 saturated carbocycles. The Hall–Kier alpha value is -2.55. The van der Waals surface area contributed by atoms with Gasteiger partial charge in [0.1, 0.15) is 17.1 Å². The lowest BCUT2D eigenvalue weighted by Gasteiger charge is -2.19. The molecule has 5 N–H and O–H groups in total. The van der Waals surface area contributed by atoms with E-state index >= 15 is 0 Å². The van der Waals surface area contributed by atoms with Crippen LogP contribution in [0, 0.1) is 10.1 Å². The molecule has 0 spiro atoms. The van der Waals surface area contributed by atoms with Crippen LogP contribution in [0.5, 0.6) is 5.75 Å². The number of ether oxygens (including phenoxy) is 1. The van der Waals surface area contributed by atoms with Crippen molar-refractivity contribution in [3.63, 3.8) is 0 Å². The van der Waals surface area contributed by atoms with Crippen LogP contribution < -0.4 is 21.1 Å². The lowest BCUT2D eigenvalue weighted by atomic mass is 10.2. The Balaban J connectivity index is 3.45. The topological polar surface area (TPSA) is 140 Å². The number of aliphatic hydroxyl groups excluding tert-OH is 1. The van der Waals surface area contributed by atoms with E-state index in [1.165, 1.54) is 19.2 Å². The van der Waals surface area contributed by atoms with Crippen molar-refractivity contribution in [2.45, 2.75) is 0 Å². The third kappa shape index (κ3) is 3.48. The van der Waals surface area contributed by atoms with Crippen LogP contribution in [0.2, 0.25) is 0 Å². The van der Waals surface area contributed by atoms with Crippen LogP contribution in [-0.2, 0) is 0 Å². The Morgan fingerprint density at radius 3 is 2.65 bits per heavy atom. The largest absolute Gasteiger partial charge is 0.494 e. The van der Waals surface area contributed by atoms with Crippen LogP contribution in [-0.4, -0.2) is 43.3 Å². The number of nitrogens with zero attached hydrogens (tertiary/aromatic N) is 3. The highest BCUT2D eigenvalue weighted by atomic mass is 16.6. The molecule has 110 valence electrons. The Labute approximate surface area is 115 Å². The van der Waals surface area contributed by atoms with Gasteiger partial charge in [0.05, 0.1) is 18.6 Å². The fraction of sp³-hybridized carbons (Fsp3) is 0.364. The highest BCUT2D eigenvalue weighted by molar-refractivity contribution is 5.82. The van der Waals surface area contributed by atoms with Gasteiger partial charge in [-0.25, -0.2) is 4.99 Å². The number of nitro benzene ring substituents is 1. The summed E-state index contributed by atoms with van der Waals surface area (Å²) in [6.07, 6.45) is 0. The number of hydrogen-bond acceptors (Lipinski definition) is 6. The molecule has 0 amide bonds. The number of anilines is 1. The third-order valence-corrected chi connectivity index (χ3v) is 2.57. The molecule has 0 aromatic heterocycles. The van der Waals surface area contributed by atoms with Crippen molar-refractivity contribution in [2.75, 3.05) is 32.2 Å². The highest BCUT2D eigenvalue weighted by Gasteiger charge is 2.21. The quantitative estimate of drug-likeness (QED) is 0.287. The molecule has 0 atom stereocenters. The van der Waals surface area contributed by atoms with E-state index in [2.05, 4.69) is 4.99 Å². The third-order valence-electron chi connectivity index (χ3n) is 2.57. The summed E-state index contributed by atoms with van der Waals surface area (Å²) in [6, 6.07) is 2.68. The van der Waals surface area contributed by atoms with Gasteiger partial charge in [0.2, 0.25) is 0 Å². The minimum absolute atomic E-state index is 0.133. The van der Waals surface area contributed by atoms with Crippen LogP contribution in [0.25, 0.3) is 0 Å². The first-order valence-electron chi connectivity index (χ1n) is 5.68. The second-order valence-electron chi connectivity index (χ2n) is 3.95. The number of nitro groups is 1. The number of benzene rings is 1. The zero-order chi connectivity index (χ0) is 15.3. The highest BCUT2D eigenvalue weighted by Crippen LogP contribution is 2.39. The van der Waals surface area contributed by atoms with E-state index in [-0.39, 0.29) is 30.5 Å². The van der Waals surface area contributed by atoms with Gasteiger partial charge in [-0.2, -0.15) is 0 Å². The maximum absolute atomic E-state index is 11.1. The average Bonchev–Trinajstić information content (AvgIpc) is 2.37. The van der Waals surface area contributed by atoms with E-state index in [9.17, 15) is 10.1 Å². The number of likely N-dealkylation sites (N-methyl/N-ethyl adjacent to an activating group) is 1. The maximum Gasteiger partial charge on any atom is 0.294 e. The second kappa shape index (κ2) is 6.57. The minimum atomic E-state index is -0.547. The predicted octanol–water partition coefficient (Wildman–Crippen LogP) is -0.0632. The standard InChI is InChI=1S/C11H17N5O4/c1-15(3-4-17)8-6-10(20-2)7(14-11(12)13)5-9(8)16(18)19/h5-6,17H,3-4H2,1-2H3,(H4,12,13,14). The van der Waals surface area contributed by atoms with E-state index in [1.54, 1.807) is 11.9 Å². The van der Waals surface area contributed by atoms with Crippen molar-refractivity contribution >= 4 is 23.0 Å². The van der Waals surface area contributed by atoms with E-state index in [1.807, 2.05) is 0 Å². The van der Waals surface area contributed by atoms with Gasteiger partial charge in [0.25, 0.3) is 5.69 Å². The maximum atomic E-state index is 11.1. The molecule has 0 aliphatic rings. The van der Waals surface area contributed by atoms with Crippen LogP contribution in [0.3, 0.4) is 0 Å².